The molecular formula is C21H25ClN4O4. The summed E-state index contributed by atoms with van der Waals surface area (Å²) in [5, 5.41) is 10.6. The lowest BCUT2D eigenvalue weighted by atomic mass is 10.0. The van der Waals surface area contributed by atoms with Crippen LogP contribution in [0, 0.1) is 0 Å². The Morgan fingerprint density at radius 3 is 2.70 bits per heavy atom. The predicted molar refractivity (Wildman–Crippen MR) is 114 cm³/mol. The van der Waals surface area contributed by atoms with Crippen LogP contribution in [0.15, 0.2) is 36.5 Å². The quantitative estimate of drug-likeness (QED) is 0.724. The van der Waals surface area contributed by atoms with E-state index in [2.05, 4.69) is 21.3 Å². The number of pyridine rings is 1. The van der Waals surface area contributed by atoms with Gasteiger partial charge in [-0.1, -0.05) is 23.7 Å². The first-order valence-electron chi connectivity index (χ1n) is 9.82. The van der Waals surface area contributed by atoms with Crippen molar-refractivity contribution < 1.29 is 19.4 Å². The molecule has 0 radical (unpaired) electrons. The zero-order valence-corrected chi connectivity index (χ0v) is 17.3. The molecule has 2 aromatic rings. The monoisotopic (exact) mass is 432 g/mol. The van der Waals surface area contributed by atoms with Crippen molar-refractivity contribution in [3.8, 4) is 5.75 Å². The second kappa shape index (κ2) is 10.7. The summed E-state index contributed by atoms with van der Waals surface area (Å²) in [5.41, 5.74) is 2.34. The van der Waals surface area contributed by atoms with E-state index in [4.69, 9.17) is 26.2 Å². The molecule has 30 heavy (non-hydrogen) atoms. The maximum atomic E-state index is 12.5. The highest BCUT2D eigenvalue weighted by Crippen LogP contribution is 2.25. The number of hydrogen-bond acceptors (Lipinski definition) is 5. The standard InChI is InChI=1S/C20H23ClN4O2.CH2O2/c21-17-4-6-19(22-14-17)24-7-9-25(10-8-24)20(26)23-13-15-3-5-18-16(12-15)2-1-11-27-18;2-1-3/h3-6,12,14H,1-2,7-11,13H2,(H,23,26);1H,(H,2,3). The van der Waals surface area contributed by atoms with E-state index >= 15 is 0 Å². The van der Waals surface area contributed by atoms with Gasteiger partial charge < -0.3 is 25.0 Å². The van der Waals surface area contributed by atoms with Crippen LogP contribution in [0.25, 0.3) is 0 Å². The Kier molecular flexibility index (Phi) is 7.73. The third-order valence-electron chi connectivity index (χ3n) is 5.02. The van der Waals surface area contributed by atoms with E-state index in [1.807, 2.05) is 29.2 Å². The first-order chi connectivity index (χ1) is 14.6. The van der Waals surface area contributed by atoms with Gasteiger partial charge in [-0.05, 0) is 42.2 Å². The summed E-state index contributed by atoms with van der Waals surface area (Å²) in [6.07, 6.45) is 3.74. The van der Waals surface area contributed by atoms with Crippen LogP contribution in [-0.2, 0) is 17.8 Å². The lowest BCUT2D eigenvalue weighted by molar-refractivity contribution is -0.122. The molecule has 0 unspecified atom stereocenters. The number of anilines is 1. The topological polar surface area (TPSA) is 95.0 Å². The van der Waals surface area contributed by atoms with Crippen LogP contribution in [0.4, 0.5) is 10.6 Å². The van der Waals surface area contributed by atoms with Crippen LogP contribution in [-0.4, -0.2) is 60.3 Å². The van der Waals surface area contributed by atoms with Crippen LogP contribution in [0.3, 0.4) is 0 Å². The third-order valence-corrected chi connectivity index (χ3v) is 5.24. The van der Waals surface area contributed by atoms with Gasteiger partial charge in [0.1, 0.15) is 11.6 Å². The molecule has 1 saturated heterocycles. The van der Waals surface area contributed by atoms with Gasteiger partial charge in [0.25, 0.3) is 6.47 Å². The molecule has 0 atom stereocenters. The lowest BCUT2D eigenvalue weighted by Crippen LogP contribution is -2.51. The smallest absolute Gasteiger partial charge is 0.317 e. The summed E-state index contributed by atoms with van der Waals surface area (Å²) in [5.74, 6) is 1.87. The number of benzene rings is 1. The molecule has 1 aromatic carbocycles. The van der Waals surface area contributed by atoms with Crippen molar-refractivity contribution in [2.24, 2.45) is 0 Å². The normalized spacial score (nSPS) is 15.2. The van der Waals surface area contributed by atoms with Gasteiger partial charge >= 0.3 is 6.03 Å². The Morgan fingerprint density at radius 2 is 2.00 bits per heavy atom. The second-order valence-electron chi connectivity index (χ2n) is 6.97. The number of halogens is 1. The SMILES string of the molecule is O=C(NCc1ccc2c(c1)CCCO2)N1CCN(c2ccc(Cl)cn2)CC1.O=CO. The van der Waals surface area contributed by atoms with Crippen molar-refractivity contribution in [1.29, 1.82) is 0 Å². The Bertz CT molecular complexity index is 855. The van der Waals surface area contributed by atoms with Crippen molar-refractivity contribution in [2.45, 2.75) is 19.4 Å². The number of nitrogens with zero attached hydrogens (tertiary/aromatic N) is 3. The Morgan fingerprint density at radius 1 is 1.23 bits per heavy atom. The summed E-state index contributed by atoms with van der Waals surface area (Å²) in [7, 11) is 0. The first kappa shape index (κ1) is 21.7. The fourth-order valence-electron chi connectivity index (χ4n) is 3.51. The van der Waals surface area contributed by atoms with E-state index < -0.39 is 0 Å². The number of carboxylic acid groups (broad SMARTS) is 1. The van der Waals surface area contributed by atoms with Crippen molar-refractivity contribution >= 4 is 29.9 Å². The fourth-order valence-corrected chi connectivity index (χ4v) is 3.62. The lowest BCUT2D eigenvalue weighted by Gasteiger charge is -2.35. The van der Waals surface area contributed by atoms with Crippen molar-refractivity contribution in [3.63, 3.8) is 0 Å². The molecule has 1 aromatic heterocycles. The molecule has 8 nitrogen and oxygen atoms in total. The molecule has 9 heteroatoms. The Labute approximate surface area is 180 Å². The van der Waals surface area contributed by atoms with Gasteiger partial charge in [0.15, 0.2) is 0 Å². The minimum Gasteiger partial charge on any atom is -0.493 e. The minimum absolute atomic E-state index is 0.0207. The maximum Gasteiger partial charge on any atom is 0.317 e. The largest absolute Gasteiger partial charge is 0.493 e. The molecule has 2 aliphatic heterocycles. The summed E-state index contributed by atoms with van der Waals surface area (Å²) < 4.78 is 5.64. The predicted octanol–water partition coefficient (Wildman–Crippen LogP) is 2.79. The molecule has 0 spiro atoms. The number of carbonyl (C=O) groups excluding carboxylic acids is 1. The zero-order valence-electron chi connectivity index (χ0n) is 16.6. The van der Waals surface area contributed by atoms with Gasteiger partial charge in [0.2, 0.25) is 0 Å². The number of carbonyl (C=O) groups is 2. The number of aryl methyl sites for hydroxylation is 1. The highest BCUT2D eigenvalue weighted by atomic mass is 35.5. The Balaban J connectivity index is 0.000000806. The molecular weight excluding hydrogens is 408 g/mol. The van der Waals surface area contributed by atoms with Gasteiger partial charge in [-0.25, -0.2) is 9.78 Å². The van der Waals surface area contributed by atoms with Gasteiger partial charge in [-0.3, -0.25) is 4.79 Å². The number of fused-ring (bicyclic) bond motifs is 1. The molecule has 0 aliphatic carbocycles. The molecule has 160 valence electrons. The van der Waals surface area contributed by atoms with E-state index in [1.54, 1.807) is 6.20 Å². The van der Waals surface area contributed by atoms with E-state index in [9.17, 15) is 4.79 Å². The number of hydrogen-bond donors (Lipinski definition) is 2. The summed E-state index contributed by atoms with van der Waals surface area (Å²) in [4.78, 5) is 29.2. The number of rotatable bonds is 3. The van der Waals surface area contributed by atoms with Gasteiger partial charge in [0, 0.05) is 38.9 Å². The number of aromatic nitrogens is 1. The van der Waals surface area contributed by atoms with Gasteiger partial charge in [-0.15, -0.1) is 0 Å². The van der Waals surface area contributed by atoms with Crippen LogP contribution in [0.5, 0.6) is 5.75 Å². The highest BCUT2D eigenvalue weighted by molar-refractivity contribution is 6.30. The zero-order chi connectivity index (χ0) is 21.3. The maximum absolute atomic E-state index is 12.5. The van der Waals surface area contributed by atoms with Crippen LogP contribution in [0.1, 0.15) is 17.5 Å². The second-order valence-corrected chi connectivity index (χ2v) is 7.40. The molecule has 3 heterocycles. The fraction of sp³-hybridized carbons (Fsp3) is 0.381. The molecule has 1 fully saturated rings. The van der Waals surface area contributed by atoms with E-state index in [-0.39, 0.29) is 12.5 Å². The van der Waals surface area contributed by atoms with Crippen molar-refractivity contribution in [3.05, 3.63) is 52.7 Å². The van der Waals surface area contributed by atoms with E-state index in [1.165, 1.54) is 5.56 Å². The summed E-state index contributed by atoms with van der Waals surface area (Å²) in [6, 6.07) is 9.90. The average Bonchev–Trinajstić information content (AvgIpc) is 2.78. The number of amides is 2. The number of ether oxygens (including phenoxy) is 1. The van der Waals surface area contributed by atoms with E-state index in [0.717, 1.165) is 49.7 Å². The first-order valence-corrected chi connectivity index (χ1v) is 10.2. The summed E-state index contributed by atoms with van der Waals surface area (Å²) in [6.45, 7) is 3.95. The molecule has 2 N–H and O–H groups in total. The average molecular weight is 433 g/mol. The molecule has 2 amide bonds. The van der Waals surface area contributed by atoms with Gasteiger partial charge in [-0.2, -0.15) is 0 Å². The highest BCUT2D eigenvalue weighted by Gasteiger charge is 2.21. The third kappa shape index (κ3) is 5.76. The van der Waals surface area contributed by atoms with Crippen molar-refractivity contribution in [2.75, 3.05) is 37.7 Å². The van der Waals surface area contributed by atoms with Crippen LogP contribution in [0.2, 0.25) is 5.02 Å². The van der Waals surface area contributed by atoms with Gasteiger partial charge in [0.05, 0.1) is 11.6 Å². The number of nitrogens with one attached hydrogen (secondary N) is 1. The number of piperazine rings is 1. The Hall–Kier alpha value is -3.00. The summed E-state index contributed by atoms with van der Waals surface area (Å²) >= 11 is 5.89. The molecule has 0 saturated carbocycles. The number of urea groups is 1. The van der Waals surface area contributed by atoms with Crippen molar-refractivity contribution in [1.82, 2.24) is 15.2 Å². The molecule has 2 aliphatic rings. The van der Waals surface area contributed by atoms with E-state index in [0.29, 0.717) is 24.7 Å². The molecule has 0 bridgehead atoms. The molecule has 4 rings (SSSR count). The minimum atomic E-state index is -0.250. The van der Waals surface area contributed by atoms with Crippen LogP contribution < -0.4 is 15.0 Å². The van der Waals surface area contributed by atoms with Crippen LogP contribution >= 0.6 is 11.6 Å².